The summed E-state index contributed by atoms with van der Waals surface area (Å²) in [4.78, 5) is 14.3. The Morgan fingerprint density at radius 1 is 1.47 bits per heavy atom. The van der Waals surface area contributed by atoms with Crippen molar-refractivity contribution in [3.8, 4) is 0 Å². The van der Waals surface area contributed by atoms with Crippen molar-refractivity contribution in [2.24, 2.45) is 0 Å². The highest BCUT2D eigenvalue weighted by Gasteiger charge is 2.31. The predicted molar refractivity (Wildman–Crippen MR) is 81.2 cm³/mol. The number of rotatable bonds is 4. The van der Waals surface area contributed by atoms with E-state index in [-0.39, 0.29) is 17.5 Å². The Morgan fingerprint density at radius 2 is 2.26 bits per heavy atom. The molecule has 1 fully saturated rings. The van der Waals surface area contributed by atoms with E-state index in [0.29, 0.717) is 4.47 Å². The first kappa shape index (κ1) is 15.0. The average Bonchev–Trinajstić information content (AvgIpc) is 2.84. The summed E-state index contributed by atoms with van der Waals surface area (Å²) >= 11 is 6.68. The third-order valence-electron chi connectivity index (χ3n) is 3.49. The van der Waals surface area contributed by atoms with Gasteiger partial charge in [-0.25, -0.2) is 4.39 Å². The van der Waals surface area contributed by atoms with Gasteiger partial charge in [-0.05, 0) is 53.7 Å². The van der Waals surface area contributed by atoms with Crippen molar-refractivity contribution in [2.75, 3.05) is 11.9 Å². The minimum absolute atomic E-state index is 0.160. The van der Waals surface area contributed by atoms with Crippen LogP contribution >= 0.6 is 31.9 Å². The molecule has 1 aromatic carbocycles. The molecule has 1 aliphatic heterocycles. The van der Waals surface area contributed by atoms with Gasteiger partial charge in [-0.15, -0.1) is 0 Å². The van der Waals surface area contributed by atoms with E-state index in [1.807, 2.05) is 4.90 Å². The maximum Gasteiger partial charge on any atom is 0.258 e. The average molecular weight is 393 g/mol. The van der Waals surface area contributed by atoms with Gasteiger partial charge in [-0.2, -0.15) is 0 Å². The van der Waals surface area contributed by atoms with Crippen molar-refractivity contribution in [2.45, 2.75) is 31.7 Å². The number of hydrogen-bond acceptors (Lipinski definition) is 1. The molecular weight excluding hydrogens is 377 g/mol. The lowest BCUT2D eigenvalue weighted by Crippen LogP contribution is -2.36. The summed E-state index contributed by atoms with van der Waals surface area (Å²) in [5, 5.41) is 0.939. The van der Waals surface area contributed by atoms with Crippen molar-refractivity contribution in [3.63, 3.8) is 0 Å². The van der Waals surface area contributed by atoms with Gasteiger partial charge in [0.05, 0.1) is 5.56 Å². The zero-order chi connectivity index (χ0) is 13.8. The highest BCUT2D eigenvalue weighted by molar-refractivity contribution is 9.10. The fraction of sp³-hybridized carbons (Fsp3) is 0.500. The second-order valence-electron chi connectivity index (χ2n) is 4.72. The van der Waals surface area contributed by atoms with E-state index < -0.39 is 5.82 Å². The molecule has 0 N–H and O–H groups in total. The van der Waals surface area contributed by atoms with Crippen LogP contribution in [0.4, 0.5) is 4.39 Å². The lowest BCUT2D eigenvalue weighted by atomic mass is 10.1. The largest absolute Gasteiger partial charge is 0.336 e. The zero-order valence-corrected chi connectivity index (χ0v) is 13.7. The molecule has 0 bridgehead atoms. The standard InChI is InChI=1S/C14H16Br2FNO/c15-8-2-4-10-5-3-9-18(10)14(19)13-11(16)6-1-7-12(13)17/h1,6-7,10H,2-5,8-9H2. The summed E-state index contributed by atoms with van der Waals surface area (Å²) in [5.74, 6) is -0.646. The van der Waals surface area contributed by atoms with E-state index in [4.69, 9.17) is 0 Å². The quantitative estimate of drug-likeness (QED) is 0.696. The van der Waals surface area contributed by atoms with Crippen LogP contribution in [0.1, 0.15) is 36.0 Å². The molecule has 2 rings (SSSR count). The van der Waals surface area contributed by atoms with Crippen molar-refractivity contribution in [1.82, 2.24) is 4.90 Å². The molecule has 1 heterocycles. The Morgan fingerprint density at radius 3 is 2.95 bits per heavy atom. The Bertz CT molecular complexity index is 447. The van der Waals surface area contributed by atoms with Crippen LogP contribution < -0.4 is 0 Å². The third-order valence-corrected chi connectivity index (χ3v) is 4.71. The lowest BCUT2D eigenvalue weighted by molar-refractivity contribution is 0.0724. The number of amides is 1. The Balaban J connectivity index is 2.18. The molecule has 1 unspecified atom stereocenters. The first-order valence-corrected chi connectivity index (χ1v) is 8.37. The van der Waals surface area contributed by atoms with Crippen molar-refractivity contribution >= 4 is 37.8 Å². The van der Waals surface area contributed by atoms with Crippen LogP contribution in [0.2, 0.25) is 0 Å². The van der Waals surface area contributed by atoms with E-state index >= 15 is 0 Å². The summed E-state index contributed by atoms with van der Waals surface area (Å²) in [5.41, 5.74) is 0.160. The highest BCUT2D eigenvalue weighted by atomic mass is 79.9. The number of carbonyl (C=O) groups excluding carboxylic acids is 1. The summed E-state index contributed by atoms with van der Waals surface area (Å²) in [6.07, 6.45) is 4.03. The van der Waals surface area contributed by atoms with Gasteiger partial charge in [0.1, 0.15) is 5.82 Å². The second kappa shape index (κ2) is 6.84. The summed E-state index contributed by atoms with van der Waals surface area (Å²) in [6.45, 7) is 0.729. The molecule has 0 aromatic heterocycles. The maximum atomic E-state index is 13.8. The van der Waals surface area contributed by atoms with E-state index in [9.17, 15) is 9.18 Å². The zero-order valence-electron chi connectivity index (χ0n) is 10.5. The highest BCUT2D eigenvalue weighted by Crippen LogP contribution is 2.27. The molecule has 1 aliphatic rings. The molecule has 1 saturated heterocycles. The number of carbonyl (C=O) groups is 1. The number of alkyl halides is 1. The summed E-state index contributed by atoms with van der Waals surface area (Å²) in [6, 6.07) is 4.89. The molecule has 1 amide bonds. The smallest absolute Gasteiger partial charge is 0.258 e. The number of hydrogen-bond donors (Lipinski definition) is 0. The topological polar surface area (TPSA) is 20.3 Å². The molecule has 5 heteroatoms. The maximum absolute atomic E-state index is 13.8. The van der Waals surface area contributed by atoms with Gasteiger partial charge in [-0.3, -0.25) is 4.79 Å². The number of benzene rings is 1. The lowest BCUT2D eigenvalue weighted by Gasteiger charge is -2.25. The molecule has 2 nitrogen and oxygen atoms in total. The van der Waals surface area contributed by atoms with Gasteiger partial charge < -0.3 is 4.90 Å². The van der Waals surface area contributed by atoms with E-state index in [2.05, 4.69) is 31.9 Å². The van der Waals surface area contributed by atoms with Crippen LogP contribution in [0.3, 0.4) is 0 Å². The van der Waals surface area contributed by atoms with Crippen LogP contribution in [-0.4, -0.2) is 28.7 Å². The van der Waals surface area contributed by atoms with Crippen LogP contribution in [0.15, 0.2) is 22.7 Å². The van der Waals surface area contributed by atoms with E-state index in [1.54, 1.807) is 12.1 Å². The molecule has 1 aromatic rings. The van der Waals surface area contributed by atoms with E-state index in [0.717, 1.165) is 37.6 Å². The van der Waals surface area contributed by atoms with Gasteiger partial charge >= 0.3 is 0 Å². The first-order chi connectivity index (χ1) is 9.15. The van der Waals surface area contributed by atoms with Crippen LogP contribution in [0, 0.1) is 5.82 Å². The van der Waals surface area contributed by atoms with Crippen LogP contribution in [0.25, 0.3) is 0 Å². The molecule has 0 saturated carbocycles. The molecule has 19 heavy (non-hydrogen) atoms. The van der Waals surface area contributed by atoms with Gasteiger partial charge in [0.25, 0.3) is 5.91 Å². The fourth-order valence-electron chi connectivity index (χ4n) is 2.56. The Labute approximate surface area is 129 Å². The Kier molecular flexibility index (Phi) is 5.39. The van der Waals surface area contributed by atoms with E-state index in [1.165, 1.54) is 6.07 Å². The van der Waals surface area contributed by atoms with Crippen molar-refractivity contribution < 1.29 is 9.18 Å². The number of nitrogens with zero attached hydrogens (tertiary/aromatic N) is 1. The predicted octanol–water partition coefficient (Wildman–Crippen LogP) is 4.37. The molecular formula is C14H16Br2FNO. The van der Waals surface area contributed by atoms with Gasteiger partial charge in [0, 0.05) is 22.4 Å². The van der Waals surface area contributed by atoms with Gasteiger partial charge in [0.15, 0.2) is 0 Å². The minimum atomic E-state index is -0.453. The SMILES string of the molecule is O=C(c1c(F)cccc1Br)N1CCCC1CCCBr. The molecule has 0 spiro atoms. The molecule has 1 atom stereocenters. The van der Waals surface area contributed by atoms with Gasteiger partial charge in [0.2, 0.25) is 0 Å². The monoisotopic (exact) mass is 391 g/mol. The van der Waals surface area contributed by atoms with Crippen LogP contribution in [0.5, 0.6) is 0 Å². The fourth-order valence-corrected chi connectivity index (χ4v) is 3.40. The normalized spacial score (nSPS) is 18.9. The summed E-state index contributed by atoms with van der Waals surface area (Å²) in [7, 11) is 0. The second-order valence-corrected chi connectivity index (χ2v) is 6.37. The molecule has 0 radical (unpaired) electrons. The van der Waals surface area contributed by atoms with Crippen molar-refractivity contribution in [3.05, 3.63) is 34.1 Å². The van der Waals surface area contributed by atoms with Crippen LogP contribution in [-0.2, 0) is 0 Å². The van der Waals surface area contributed by atoms with Gasteiger partial charge in [-0.1, -0.05) is 22.0 Å². The Hall–Kier alpha value is -0.420. The minimum Gasteiger partial charge on any atom is -0.336 e. The molecule has 104 valence electrons. The molecule has 0 aliphatic carbocycles. The third kappa shape index (κ3) is 3.37. The summed E-state index contributed by atoms with van der Waals surface area (Å²) < 4.78 is 14.4. The van der Waals surface area contributed by atoms with Crippen molar-refractivity contribution in [1.29, 1.82) is 0 Å². The first-order valence-electron chi connectivity index (χ1n) is 6.46. The number of halogens is 3. The number of likely N-dealkylation sites (tertiary alicyclic amines) is 1.